The van der Waals surface area contributed by atoms with Gasteiger partial charge in [-0.05, 0) is 37.1 Å². The van der Waals surface area contributed by atoms with Gasteiger partial charge in [-0.2, -0.15) is 0 Å². The van der Waals surface area contributed by atoms with Crippen molar-refractivity contribution in [2.45, 2.75) is 25.9 Å². The lowest BCUT2D eigenvalue weighted by Crippen LogP contribution is -2.27. The Kier molecular flexibility index (Phi) is 6.95. The molecule has 0 amide bonds. The van der Waals surface area contributed by atoms with Gasteiger partial charge in [0.2, 0.25) is 0 Å². The Morgan fingerprint density at radius 2 is 1.52 bits per heavy atom. The van der Waals surface area contributed by atoms with Crippen LogP contribution in [-0.2, 0) is 13.0 Å². The molecule has 0 aliphatic heterocycles. The molecule has 0 aliphatic carbocycles. The molecule has 136 valence electrons. The lowest BCUT2D eigenvalue weighted by atomic mass is 10.1. The molecule has 1 unspecified atom stereocenters. The number of hydrogen-bond donors (Lipinski definition) is 1. The molecule has 5 heteroatoms. The topological polar surface area (TPSA) is 49.0 Å². The van der Waals surface area contributed by atoms with Crippen LogP contribution in [0.1, 0.15) is 18.1 Å². The molecular formula is C20H27NO4. The van der Waals surface area contributed by atoms with Crippen molar-refractivity contribution < 1.29 is 18.9 Å². The number of benzene rings is 2. The summed E-state index contributed by atoms with van der Waals surface area (Å²) in [6, 6.07) is 12.2. The summed E-state index contributed by atoms with van der Waals surface area (Å²) in [4.78, 5) is 0. The summed E-state index contributed by atoms with van der Waals surface area (Å²) in [5.74, 6) is 3.11. The van der Waals surface area contributed by atoms with E-state index in [9.17, 15) is 0 Å². The van der Waals surface area contributed by atoms with Gasteiger partial charge in [0, 0.05) is 24.2 Å². The van der Waals surface area contributed by atoms with Crippen LogP contribution in [0.4, 0.5) is 0 Å². The van der Waals surface area contributed by atoms with E-state index in [0.29, 0.717) is 6.04 Å². The van der Waals surface area contributed by atoms with E-state index in [1.54, 1.807) is 28.4 Å². The standard InChI is InChI=1S/C20H27NO4/c1-14(10-15-6-9-18(23-3)20(11-15)25-5)21-13-16-7-8-17(22-2)12-19(16)24-4/h6-9,11-12,14,21H,10,13H2,1-5H3. The van der Waals surface area contributed by atoms with Crippen molar-refractivity contribution in [1.82, 2.24) is 5.32 Å². The van der Waals surface area contributed by atoms with E-state index in [4.69, 9.17) is 18.9 Å². The summed E-state index contributed by atoms with van der Waals surface area (Å²) in [6.45, 7) is 2.88. The summed E-state index contributed by atoms with van der Waals surface area (Å²) < 4.78 is 21.3. The molecule has 5 nitrogen and oxygen atoms in total. The van der Waals surface area contributed by atoms with Crippen LogP contribution in [0.3, 0.4) is 0 Å². The molecule has 0 saturated heterocycles. The Balaban J connectivity index is 1.98. The minimum absolute atomic E-state index is 0.296. The Labute approximate surface area is 149 Å². The van der Waals surface area contributed by atoms with Crippen LogP contribution in [0.25, 0.3) is 0 Å². The third-order valence-corrected chi connectivity index (χ3v) is 4.13. The summed E-state index contributed by atoms with van der Waals surface area (Å²) in [5, 5.41) is 3.53. The van der Waals surface area contributed by atoms with E-state index < -0.39 is 0 Å². The van der Waals surface area contributed by atoms with Crippen LogP contribution in [0.5, 0.6) is 23.0 Å². The predicted molar refractivity (Wildman–Crippen MR) is 99.1 cm³/mol. The summed E-state index contributed by atoms with van der Waals surface area (Å²) in [6.07, 6.45) is 0.888. The van der Waals surface area contributed by atoms with Crippen LogP contribution >= 0.6 is 0 Å². The Bertz CT molecular complexity index is 687. The fourth-order valence-electron chi connectivity index (χ4n) is 2.72. The van der Waals surface area contributed by atoms with Crippen molar-refractivity contribution in [3.05, 3.63) is 47.5 Å². The monoisotopic (exact) mass is 345 g/mol. The first kappa shape index (κ1) is 18.9. The molecule has 2 aromatic rings. The fraction of sp³-hybridized carbons (Fsp3) is 0.400. The normalized spacial score (nSPS) is 11.7. The van der Waals surface area contributed by atoms with Crippen LogP contribution < -0.4 is 24.3 Å². The molecule has 0 aliphatic rings. The van der Waals surface area contributed by atoms with Crippen molar-refractivity contribution in [1.29, 1.82) is 0 Å². The third-order valence-electron chi connectivity index (χ3n) is 4.13. The lowest BCUT2D eigenvalue weighted by Gasteiger charge is -2.17. The molecule has 0 saturated carbocycles. The van der Waals surface area contributed by atoms with Crippen molar-refractivity contribution in [2.24, 2.45) is 0 Å². The average Bonchev–Trinajstić information content (AvgIpc) is 2.65. The van der Waals surface area contributed by atoms with E-state index in [1.165, 1.54) is 5.56 Å². The second-order valence-corrected chi connectivity index (χ2v) is 5.85. The Hall–Kier alpha value is -2.40. The molecule has 1 N–H and O–H groups in total. The molecule has 2 rings (SSSR count). The van der Waals surface area contributed by atoms with Gasteiger partial charge in [0.15, 0.2) is 11.5 Å². The Morgan fingerprint density at radius 3 is 2.16 bits per heavy atom. The molecule has 0 heterocycles. The fourth-order valence-corrected chi connectivity index (χ4v) is 2.72. The van der Waals surface area contributed by atoms with Gasteiger partial charge in [-0.3, -0.25) is 0 Å². The van der Waals surface area contributed by atoms with Crippen LogP contribution in [0.15, 0.2) is 36.4 Å². The van der Waals surface area contributed by atoms with E-state index in [0.717, 1.165) is 41.5 Å². The zero-order chi connectivity index (χ0) is 18.2. The van der Waals surface area contributed by atoms with Gasteiger partial charge < -0.3 is 24.3 Å². The summed E-state index contributed by atoms with van der Waals surface area (Å²) in [5.41, 5.74) is 2.29. The van der Waals surface area contributed by atoms with Gasteiger partial charge in [0.05, 0.1) is 28.4 Å². The number of ether oxygens (including phenoxy) is 4. The van der Waals surface area contributed by atoms with Crippen molar-refractivity contribution in [2.75, 3.05) is 28.4 Å². The van der Waals surface area contributed by atoms with E-state index in [1.807, 2.05) is 30.3 Å². The predicted octanol–water partition coefficient (Wildman–Crippen LogP) is 3.44. The van der Waals surface area contributed by atoms with Gasteiger partial charge in [-0.15, -0.1) is 0 Å². The number of rotatable bonds is 9. The highest BCUT2D eigenvalue weighted by Crippen LogP contribution is 2.28. The minimum atomic E-state index is 0.296. The first-order valence-electron chi connectivity index (χ1n) is 8.26. The highest BCUT2D eigenvalue weighted by molar-refractivity contribution is 5.43. The molecule has 0 spiro atoms. The quantitative estimate of drug-likeness (QED) is 0.754. The molecule has 0 radical (unpaired) electrons. The van der Waals surface area contributed by atoms with E-state index in [2.05, 4.69) is 18.3 Å². The van der Waals surface area contributed by atoms with Gasteiger partial charge in [0.1, 0.15) is 11.5 Å². The molecule has 0 fully saturated rings. The maximum Gasteiger partial charge on any atom is 0.160 e. The summed E-state index contributed by atoms with van der Waals surface area (Å²) >= 11 is 0. The molecule has 1 atom stereocenters. The molecule has 2 aromatic carbocycles. The van der Waals surface area contributed by atoms with Crippen molar-refractivity contribution in [3.8, 4) is 23.0 Å². The molecule has 25 heavy (non-hydrogen) atoms. The second-order valence-electron chi connectivity index (χ2n) is 5.85. The number of methoxy groups -OCH3 is 4. The number of hydrogen-bond acceptors (Lipinski definition) is 5. The average molecular weight is 345 g/mol. The highest BCUT2D eigenvalue weighted by Gasteiger charge is 2.10. The largest absolute Gasteiger partial charge is 0.497 e. The van der Waals surface area contributed by atoms with Gasteiger partial charge in [-0.25, -0.2) is 0 Å². The Morgan fingerprint density at radius 1 is 0.800 bits per heavy atom. The zero-order valence-corrected chi connectivity index (χ0v) is 15.6. The van der Waals surface area contributed by atoms with Crippen molar-refractivity contribution in [3.63, 3.8) is 0 Å². The first-order valence-corrected chi connectivity index (χ1v) is 8.26. The van der Waals surface area contributed by atoms with Crippen molar-refractivity contribution >= 4 is 0 Å². The lowest BCUT2D eigenvalue weighted by molar-refractivity contribution is 0.354. The second kappa shape index (κ2) is 9.18. The first-order chi connectivity index (χ1) is 12.1. The van der Waals surface area contributed by atoms with E-state index >= 15 is 0 Å². The molecular weight excluding hydrogens is 318 g/mol. The van der Waals surface area contributed by atoms with Crippen LogP contribution in [0.2, 0.25) is 0 Å². The third kappa shape index (κ3) is 5.03. The molecule has 0 aromatic heterocycles. The highest BCUT2D eigenvalue weighted by atomic mass is 16.5. The van der Waals surface area contributed by atoms with Crippen LogP contribution in [-0.4, -0.2) is 34.5 Å². The van der Waals surface area contributed by atoms with Gasteiger partial charge in [-0.1, -0.05) is 12.1 Å². The maximum absolute atomic E-state index is 5.44. The minimum Gasteiger partial charge on any atom is -0.497 e. The molecule has 0 bridgehead atoms. The van der Waals surface area contributed by atoms with Crippen LogP contribution in [0, 0.1) is 0 Å². The smallest absolute Gasteiger partial charge is 0.160 e. The van der Waals surface area contributed by atoms with Gasteiger partial charge in [0.25, 0.3) is 0 Å². The summed E-state index contributed by atoms with van der Waals surface area (Å²) in [7, 11) is 6.62. The zero-order valence-electron chi connectivity index (χ0n) is 15.6. The van der Waals surface area contributed by atoms with Gasteiger partial charge >= 0.3 is 0 Å². The maximum atomic E-state index is 5.44. The number of nitrogens with one attached hydrogen (secondary N) is 1. The van der Waals surface area contributed by atoms with E-state index in [-0.39, 0.29) is 0 Å². The SMILES string of the molecule is COc1ccc(CNC(C)Cc2ccc(OC)c(OC)c2)c(OC)c1.